The highest BCUT2D eigenvalue weighted by molar-refractivity contribution is 5.59. The van der Waals surface area contributed by atoms with E-state index in [0.717, 1.165) is 41.5 Å². The fourth-order valence-electron chi connectivity index (χ4n) is 4.52. The van der Waals surface area contributed by atoms with Crippen LogP contribution in [0.3, 0.4) is 0 Å². The van der Waals surface area contributed by atoms with Crippen LogP contribution in [-0.4, -0.2) is 24.2 Å². The lowest BCUT2D eigenvalue weighted by atomic mass is 9.71. The third kappa shape index (κ3) is 6.46. The maximum absolute atomic E-state index is 6.51. The first-order valence-electron chi connectivity index (χ1n) is 12.1. The molecule has 5 nitrogen and oxygen atoms in total. The lowest BCUT2D eigenvalue weighted by molar-refractivity contribution is 0.0490. The van der Waals surface area contributed by atoms with E-state index in [2.05, 4.69) is 55.1 Å². The Labute approximate surface area is 194 Å². The maximum Gasteiger partial charge on any atom is 0.168 e. The van der Waals surface area contributed by atoms with E-state index in [1.54, 1.807) is 0 Å². The molecule has 1 heterocycles. The number of pyridine rings is 1. The lowest BCUT2D eigenvalue weighted by Gasteiger charge is -2.41. The molecule has 5 heteroatoms. The number of rotatable bonds is 10. The van der Waals surface area contributed by atoms with E-state index < -0.39 is 0 Å². The van der Waals surface area contributed by atoms with Crippen molar-refractivity contribution in [3.05, 3.63) is 53.9 Å². The van der Waals surface area contributed by atoms with Crippen molar-refractivity contribution in [2.24, 2.45) is 11.3 Å². The molecular formula is C27H40N2O3. The van der Waals surface area contributed by atoms with Crippen LogP contribution in [0.5, 0.6) is 5.75 Å². The van der Waals surface area contributed by atoms with Crippen molar-refractivity contribution in [2.45, 2.75) is 79.6 Å². The van der Waals surface area contributed by atoms with Gasteiger partial charge in [-0.1, -0.05) is 51.1 Å². The van der Waals surface area contributed by atoms with E-state index >= 15 is 0 Å². The minimum Gasteiger partial charge on any atom is -0.490 e. The van der Waals surface area contributed by atoms with Gasteiger partial charge >= 0.3 is 0 Å². The second kappa shape index (κ2) is 11.7. The fraction of sp³-hybridized carbons (Fsp3) is 0.593. The molecule has 1 saturated carbocycles. The number of hydroxylamine groups is 1. The zero-order chi connectivity index (χ0) is 23.0. The number of ether oxygens (including phenoxy) is 2. The Bertz CT molecular complexity index is 811. The van der Waals surface area contributed by atoms with Crippen LogP contribution >= 0.6 is 0 Å². The van der Waals surface area contributed by atoms with Crippen LogP contribution < -0.4 is 9.80 Å². The molecule has 1 aliphatic rings. The van der Waals surface area contributed by atoms with E-state index in [4.69, 9.17) is 14.3 Å². The van der Waals surface area contributed by atoms with Crippen LogP contribution in [0.4, 0.5) is 5.69 Å². The van der Waals surface area contributed by atoms with Crippen molar-refractivity contribution in [1.29, 1.82) is 0 Å². The van der Waals surface area contributed by atoms with Crippen LogP contribution in [-0.2, 0) is 22.8 Å². The second-order valence-electron chi connectivity index (χ2n) is 9.63. The molecule has 176 valence electrons. The molecule has 1 aromatic heterocycles. The lowest BCUT2D eigenvalue weighted by Crippen LogP contribution is -2.40. The summed E-state index contributed by atoms with van der Waals surface area (Å²) in [6.45, 7) is 13.2. The molecule has 0 N–H and O–H groups in total. The third-order valence-corrected chi connectivity index (χ3v) is 6.39. The van der Waals surface area contributed by atoms with Crippen LogP contribution in [0.25, 0.3) is 0 Å². The number of aromatic nitrogens is 1. The van der Waals surface area contributed by atoms with E-state index in [-0.39, 0.29) is 0 Å². The summed E-state index contributed by atoms with van der Waals surface area (Å²) in [5, 5.41) is 2.11. The summed E-state index contributed by atoms with van der Waals surface area (Å²) in [6, 6.07) is 12.7. The summed E-state index contributed by atoms with van der Waals surface area (Å²) in [5.74, 6) is 1.52. The normalized spacial score (nSPS) is 19.0. The van der Waals surface area contributed by atoms with Gasteiger partial charge < -0.3 is 9.47 Å². The van der Waals surface area contributed by atoms with Crippen molar-refractivity contribution in [3.8, 4) is 5.75 Å². The van der Waals surface area contributed by atoms with Gasteiger partial charge in [-0.3, -0.25) is 9.82 Å². The average Bonchev–Trinajstić information content (AvgIpc) is 2.79. The van der Waals surface area contributed by atoms with Crippen molar-refractivity contribution in [2.75, 3.05) is 18.3 Å². The van der Waals surface area contributed by atoms with Gasteiger partial charge in [0.05, 0.1) is 25.9 Å². The molecule has 1 aliphatic carbocycles. The van der Waals surface area contributed by atoms with Gasteiger partial charge in [0.1, 0.15) is 11.4 Å². The monoisotopic (exact) mass is 440 g/mol. The zero-order valence-electron chi connectivity index (χ0n) is 20.5. The molecule has 3 rings (SSSR count). The molecule has 0 amide bonds. The van der Waals surface area contributed by atoms with Crippen LogP contribution in [0, 0.1) is 11.3 Å². The molecule has 0 aliphatic heterocycles. The van der Waals surface area contributed by atoms with Gasteiger partial charge in [0.2, 0.25) is 0 Å². The summed E-state index contributed by atoms with van der Waals surface area (Å²) in [4.78, 5) is 11.1. The van der Waals surface area contributed by atoms with Crippen LogP contribution in [0.1, 0.15) is 71.6 Å². The van der Waals surface area contributed by atoms with Crippen molar-refractivity contribution in [3.63, 3.8) is 0 Å². The largest absolute Gasteiger partial charge is 0.490 e. The quantitative estimate of drug-likeness (QED) is 0.391. The highest BCUT2D eigenvalue weighted by Gasteiger charge is 2.34. The van der Waals surface area contributed by atoms with Gasteiger partial charge in [-0.25, -0.2) is 5.06 Å². The van der Waals surface area contributed by atoms with Crippen molar-refractivity contribution in [1.82, 2.24) is 4.98 Å². The summed E-state index contributed by atoms with van der Waals surface area (Å²) in [7, 11) is 0. The molecule has 0 bridgehead atoms. The predicted molar refractivity (Wildman–Crippen MR) is 130 cm³/mol. The van der Waals surface area contributed by atoms with Crippen molar-refractivity contribution < 1.29 is 14.3 Å². The average molecular weight is 441 g/mol. The van der Waals surface area contributed by atoms with Gasteiger partial charge in [-0.05, 0) is 62.5 Å². The van der Waals surface area contributed by atoms with Gasteiger partial charge in [-0.15, -0.1) is 0 Å². The summed E-state index contributed by atoms with van der Waals surface area (Å²) in [5.41, 5.74) is 3.27. The van der Waals surface area contributed by atoms with Gasteiger partial charge in [0, 0.05) is 12.8 Å². The summed E-state index contributed by atoms with van der Waals surface area (Å²) in [6.07, 6.45) is 6.46. The zero-order valence-corrected chi connectivity index (χ0v) is 20.5. The Morgan fingerprint density at radius 3 is 2.28 bits per heavy atom. The minimum absolute atomic E-state index is 0.305. The number of benzene rings is 1. The Kier molecular flexibility index (Phi) is 8.94. The molecular weight excluding hydrogens is 400 g/mol. The molecule has 1 aromatic carbocycles. The Morgan fingerprint density at radius 2 is 1.66 bits per heavy atom. The first-order valence-corrected chi connectivity index (χ1v) is 12.1. The molecule has 0 saturated heterocycles. The molecule has 0 spiro atoms. The molecule has 1 fully saturated rings. The van der Waals surface area contributed by atoms with Crippen LogP contribution in [0.2, 0.25) is 0 Å². The minimum atomic E-state index is 0.305. The molecule has 32 heavy (non-hydrogen) atoms. The molecule has 0 atom stereocenters. The predicted octanol–water partition coefficient (Wildman–Crippen LogP) is 6.56. The van der Waals surface area contributed by atoms with Gasteiger partial charge in [0.25, 0.3) is 0 Å². The van der Waals surface area contributed by atoms with E-state index in [0.29, 0.717) is 37.9 Å². The van der Waals surface area contributed by atoms with E-state index in [9.17, 15) is 0 Å². The first-order chi connectivity index (χ1) is 15.4. The Hall–Kier alpha value is -2.11. The smallest absolute Gasteiger partial charge is 0.168 e. The fourth-order valence-corrected chi connectivity index (χ4v) is 4.52. The molecule has 0 unspecified atom stereocenters. The first kappa shape index (κ1) is 24.5. The van der Waals surface area contributed by atoms with Gasteiger partial charge in [-0.2, -0.15) is 0 Å². The Morgan fingerprint density at radius 1 is 0.938 bits per heavy atom. The highest BCUT2D eigenvalue weighted by atomic mass is 16.7. The van der Waals surface area contributed by atoms with Crippen LogP contribution in [0.15, 0.2) is 42.6 Å². The topological polar surface area (TPSA) is 43.8 Å². The summed E-state index contributed by atoms with van der Waals surface area (Å²) >= 11 is 0. The van der Waals surface area contributed by atoms with Crippen molar-refractivity contribution >= 4 is 5.69 Å². The molecule has 0 radical (unpaired) electrons. The number of anilines is 1. The Balaban J connectivity index is 1.88. The SMILES string of the molecule is CCOCc1nccc(N(OCc2ccccc2)[C@H]2CC[C@@H](C(C)(C)C)CC2)c1OCC. The van der Waals surface area contributed by atoms with E-state index in [1.165, 1.54) is 12.8 Å². The van der Waals surface area contributed by atoms with E-state index in [1.807, 2.05) is 32.2 Å². The number of nitrogens with zero attached hydrogens (tertiary/aromatic N) is 2. The second-order valence-corrected chi connectivity index (χ2v) is 9.63. The number of hydrogen-bond acceptors (Lipinski definition) is 5. The summed E-state index contributed by atoms with van der Waals surface area (Å²) < 4.78 is 11.8. The maximum atomic E-state index is 6.51. The number of hydrogen-bond donors (Lipinski definition) is 0. The standard InChI is InChI=1S/C27H40N2O3/c1-6-30-20-24-26(31-7-2)25(17-18-28-24)29(32-19-21-11-9-8-10-12-21)23-15-13-22(14-16-23)27(3,4)5/h8-12,17-18,22-23H,6-7,13-16,19-20H2,1-5H3/t22-,23+. The van der Waals surface area contributed by atoms with Gasteiger partial charge in [0.15, 0.2) is 5.75 Å². The highest BCUT2D eigenvalue weighted by Crippen LogP contribution is 2.42. The molecule has 2 aromatic rings. The third-order valence-electron chi connectivity index (χ3n) is 6.39.